The van der Waals surface area contributed by atoms with Crippen LogP contribution in [-0.2, 0) is 0 Å². The lowest BCUT2D eigenvalue weighted by Gasteiger charge is -2.31. The van der Waals surface area contributed by atoms with Crippen molar-refractivity contribution in [1.82, 2.24) is 15.1 Å². The topological polar surface area (TPSA) is 70.7 Å². The first kappa shape index (κ1) is 15.3. The SMILES string of the molecule is Cc1c(C(=O)NC2(C#N)CCCCC2)cnn1-c1ccccc1. The maximum absolute atomic E-state index is 12.6. The van der Waals surface area contributed by atoms with Crippen molar-refractivity contribution >= 4 is 5.91 Å². The molecule has 0 bridgehead atoms. The Kier molecular flexibility index (Phi) is 4.16. The molecule has 1 fully saturated rings. The molecule has 1 amide bonds. The number of carbonyl (C=O) groups is 1. The highest BCUT2D eigenvalue weighted by Crippen LogP contribution is 2.28. The summed E-state index contributed by atoms with van der Waals surface area (Å²) >= 11 is 0. The van der Waals surface area contributed by atoms with Gasteiger partial charge < -0.3 is 5.32 Å². The molecule has 0 unspecified atom stereocenters. The second kappa shape index (κ2) is 6.25. The van der Waals surface area contributed by atoms with Crippen molar-refractivity contribution in [2.75, 3.05) is 0 Å². The molecule has 0 atom stereocenters. The van der Waals surface area contributed by atoms with Gasteiger partial charge in [-0.15, -0.1) is 0 Å². The summed E-state index contributed by atoms with van der Waals surface area (Å²) in [4.78, 5) is 12.6. The normalized spacial score (nSPS) is 16.5. The molecule has 23 heavy (non-hydrogen) atoms. The zero-order chi connectivity index (χ0) is 16.3. The van der Waals surface area contributed by atoms with E-state index in [4.69, 9.17) is 0 Å². The molecule has 1 saturated carbocycles. The van der Waals surface area contributed by atoms with Crippen molar-refractivity contribution in [3.63, 3.8) is 0 Å². The van der Waals surface area contributed by atoms with Crippen LogP contribution in [-0.4, -0.2) is 21.2 Å². The molecule has 1 aromatic heterocycles. The van der Waals surface area contributed by atoms with Crippen molar-refractivity contribution in [2.24, 2.45) is 0 Å². The summed E-state index contributed by atoms with van der Waals surface area (Å²) in [5.74, 6) is -0.215. The Bertz CT molecular complexity index is 736. The minimum Gasteiger partial charge on any atom is -0.334 e. The van der Waals surface area contributed by atoms with Gasteiger partial charge in [-0.05, 0) is 31.9 Å². The lowest BCUT2D eigenvalue weighted by Crippen LogP contribution is -2.48. The van der Waals surface area contributed by atoms with E-state index in [1.807, 2.05) is 37.3 Å². The number of para-hydroxylation sites is 1. The fourth-order valence-corrected chi connectivity index (χ4v) is 3.17. The van der Waals surface area contributed by atoms with Crippen molar-refractivity contribution in [1.29, 1.82) is 5.26 Å². The zero-order valence-electron chi connectivity index (χ0n) is 13.2. The van der Waals surface area contributed by atoms with Crippen molar-refractivity contribution in [3.8, 4) is 11.8 Å². The van der Waals surface area contributed by atoms with Crippen molar-refractivity contribution in [2.45, 2.75) is 44.6 Å². The number of hydrogen-bond donors (Lipinski definition) is 1. The highest BCUT2D eigenvalue weighted by atomic mass is 16.1. The van der Waals surface area contributed by atoms with Gasteiger partial charge in [-0.25, -0.2) is 4.68 Å². The van der Waals surface area contributed by atoms with Gasteiger partial charge in [0.1, 0.15) is 5.54 Å². The van der Waals surface area contributed by atoms with Gasteiger partial charge in [-0.3, -0.25) is 4.79 Å². The molecule has 1 aromatic carbocycles. The molecule has 0 saturated heterocycles. The van der Waals surface area contributed by atoms with E-state index in [1.54, 1.807) is 10.9 Å². The molecule has 1 N–H and O–H groups in total. The van der Waals surface area contributed by atoms with E-state index in [9.17, 15) is 10.1 Å². The number of nitriles is 1. The van der Waals surface area contributed by atoms with Gasteiger partial charge in [0.05, 0.1) is 29.2 Å². The third-order valence-corrected chi connectivity index (χ3v) is 4.53. The Labute approximate surface area is 135 Å². The summed E-state index contributed by atoms with van der Waals surface area (Å²) in [5, 5.41) is 16.8. The van der Waals surface area contributed by atoms with Crippen LogP contribution < -0.4 is 5.32 Å². The van der Waals surface area contributed by atoms with E-state index in [2.05, 4.69) is 16.5 Å². The average Bonchev–Trinajstić information content (AvgIpc) is 2.98. The van der Waals surface area contributed by atoms with Crippen LogP contribution in [0.5, 0.6) is 0 Å². The summed E-state index contributed by atoms with van der Waals surface area (Å²) in [6.07, 6.45) is 6.12. The molecule has 0 radical (unpaired) electrons. The Morgan fingerprint density at radius 1 is 1.26 bits per heavy atom. The first-order valence-electron chi connectivity index (χ1n) is 7.99. The molecule has 1 aliphatic carbocycles. The van der Waals surface area contributed by atoms with Crippen LogP contribution in [0.15, 0.2) is 36.5 Å². The minimum absolute atomic E-state index is 0.215. The van der Waals surface area contributed by atoms with Gasteiger partial charge in [0, 0.05) is 0 Å². The predicted octanol–water partition coefficient (Wildman–Crippen LogP) is 3.14. The highest BCUT2D eigenvalue weighted by molar-refractivity contribution is 5.96. The predicted molar refractivity (Wildman–Crippen MR) is 87.2 cm³/mol. The Hall–Kier alpha value is -2.61. The Morgan fingerprint density at radius 3 is 2.61 bits per heavy atom. The van der Waals surface area contributed by atoms with Gasteiger partial charge in [0.25, 0.3) is 5.91 Å². The van der Waals surface area contributed by atoms with E-state index in [1.165, 1.54) is 0 Å². The summed E-state index contributed by atoms with van der Waals surface area (Å²) < 4.78 is 1.74. The van der Waals surface area contributed by atoms with Crippen LogP contribution in [0, 0.1) is 18.3 Å². The number of amides is 1. The molecule has 2 aromatic rings. The van der Waals surface area contributed by atoms with E-state index in [0.29, 0.717) is 5.56 Å². The fourth-order valence-electron chi connectivity index (χ4n) is 3.17. The summed E-state index contributed by atoms with van der Waals surface area (Å²) in [6.45, 7) is 1.87. The van der Waals surface area contributed by atoms with E-state index in [-0.39, 0.29) is 5.91 Å². The number of nitrogens with zero attached hydrogens (tertiary/aromatic N) is 3. The second-order valence-corrected chi connectivity index (χ2v) is 6.10. The lowest BCUT2D eigenvalue weighted by atomic mass is 9.82. The first-order chi connectivity index (χ1) is 11.2. The molecule has 0 aliphatic heterocycles. The Morgan fingerprint density at radius 2 is 1.96 bits per heavy atom. The molecular formula is C18H20N4O. The molecule has 3 rings (SSSR count). The van der Waals surface area contributed by atoms with E-state index in [0.717, 1.165) is 43.5 Å². The molecule has 0 spiro atoms. The molecule has 118 valence electrons. The molecule has 1 aliphatic rings. The highest BCUT2D eigenvalue weighted by Gasteiger charge is 2.34. The number of hydrogen-bond acceptors (Lipinski definition) is 3. The molecule has 5 heteroatoms. The number of aromatic nitrogens is 2. The smallest absolute Gasteiger partial charge is 0.256 e. The van der Waals surface area contributed by atoms with Gasteiger partial charge in [0.2, 0.25) is 0 Å². The van der Waals surface area contributed by atoms with Crippen LogP contribution in [0.2, 0.25) is 0 Å². The number of carbonyl (C=O) groups excluding carboxylic acids is 1. The van der Waals surface area contributed by atoms with Crippen LogP contribution in [0.3, 0.4) is 0 Å². The zero-order valence-corrected chi connectivity index (χ0v) is 13.2. The monoisotopic (exact) mass is 308 g/mol. The number of rotatable bonds is 3. The number of benzene rings is 1. The van der Waals surface area contributed by atoms with Crippen LogP contribution in [0.1, 0.15) is 48.2 Å². The largest absolute Gasteiger partial charge is 0.334 e. The summed E-state index contributed by atoms with van der Waals surface area (Å²) in [6, 6.07) is 12.0. The molecular weight excluding hydrogens is 288 g/mol. The van der Waals surface area contributed by atoms with Gasteiger partial charge in [0.15, 0.2) is 0 Å². The maximum Gasteiger partial charge on any atom is 0.256 e. The summed E-state index contributed by atoms with van der Waals surface area (Å²) in [5.41, 5.74) is 1.49. The minimum atomic E-state index is -0.726. The summed E-state index contributed by atoms with van der Waals surface area (Å²) in [7, 11) is 0. The van der Waals surface area contributed by atoms with Gasteiger partial charge in [-0.1, -0.05) is 37.5 Å². The Balaban J connectivity index is 1.84. The molecule has 5 nitrogen and oxygen atoms in total. The fraction of sp³-hybridized carbons (Fsp3) is 0.389. The third-order valence-electron chi connectivity index (χ3n) is 4.53. The first-order valence-corrected chi connectivity index (χ1v) is 7.99. The quantitative estimate of drug-likeness (QED) is 0.947. The van der Waals surface area contributed by atoms with Gasteiger partial charge in [-0.2, -0.15) is 10.4 Å². The van der Waals surface area contributed by atoms with Crippen LogP contribution in [0.25, 0.3) is 5.69 Å². The second-order valence-electron chi connectivity index (χ2n) is 6.10. The van der Waals surface area contributed by atoms with Crippen molar-refractivity contribution < 1.29 is 4.79 Å². The molecule has 1 heterocycles. The van der Waals surface area contributed by atoms with Crippen LogP contribution in [0.4, 0.5) is 0 Å². The number of nitrogens with one attached hydrogen (secondary N) is 1. The van der Waals surface area contributed by atoms with Crippen molar-refractivity contribution in [3.05, 3.63) is 47.8 Å². The van der Waals surface area contributed by atoms with Gasteiger partial charge >= 0.3 is 0 Å². The van der Waals surface area contributed by atoms with E-state index >= 15 is 0 Å². The average molecular weight is 308 g/mol. The lowest BCUT2D eigenvalue weighted by molar-refractivity contribution is 0.0902. The maximum atomic E-state index is 12.6. The van der Waals surface area contributed by atoms with E-state index < -0.39 is 5.54 Å². The standard InChI is InChI=1S/C18H20N4O/c1-14-16(12-20-22(14)15-8-4-2-5-9-15)17(23)21-18(13-19)10-6-3-7-11-18/h2,4-5,8-9,12H,3,6-7,10-11H2,1H3,(H,21,23). The third kappa shape index (κ3) is 2.98. The van der Waals surface area contributed by atoms with Crippen LogP contribution >= 0.6 is 0 Å².